The minimum atomic E-state index is -0.722. The van der Waals surface area contributed by atoms with Gasteiger partial charge in [0, 0.05) is 5.56 Å². The number of carbonyl (C=O) groups is 1. The molecule has 3 aromatic rings. The second-order valence-corrected chi connectivity index (χ2v) is 6.96. The van der Waals surface area contributed by atoms with Crippen LogP contribution in [-0.4, -0.2) is 11.1 Å². The molecule has 1 saturated heterocycles. The van der Waals surface area contributed by atoms with E-state index in [4.69, 9.17) is 0 Å². The van der Waals surface area contributed by atoms with Crippen LogP contribution >= 0.6 is 11.8 Å². The van der Waals surface area contributed by atoms with Crippen LogP contribution in [-0.2, 0) is 4.79 Å². The van der Waals surface area contributed by atoms with Crippen molar-refractivity contribution in [3.63, 3.8) is 0 Å². The zero-order valence-corrected chi connectivity index (χ0v) is 15.4. The van der Waals surface area contributed by atoms with Crippen molar-refractivity contribution in [2.45, 2.75) is 0 Å². The average Bonchev–Trinajstić information content (AvgIpc) is 3.01. The molecule has 0 aliphatic carbocycles. The van der Waals surface area contributed by atoms with Gasteiger partial charge in [-0.05, 0) is 54.2 Å². The van der Waals surface area contributed by atoms with E-state index in [1.807, 2.05) is 48.5 Å². The van der Waals surface area contributed by atoms with Crippen molar-refractivity contribution in [1.29, 1.82) is 0 Å². The zero-order chi connectivity index (χ0) is 19.5. The Morgan fingerprint density at radius 1 is 0.821 bits per heavy atom. The Labute approximate surface area is 165 Å². The lowest BCUT2D eigenvalue weighted by molar-refractivity contribution is -0.113. The van der Waals surface area contributed by atoms with Crippen LogP contribution in [0.25, 0.3) is 6.08 Å². The molecule has 0 bridgehead atoms. The summed E-state index contributed by atoms with van der Waals surface area (Å²) < 4.78 is 28.1. The molecule has 0 spiro atoms. The lowest BCUT2D eigenvalue weighted by Gasteiger charge is -2.15. The SMILES string of the molecule is O=C1/C(=C\c2c(F)cccc2F)SC(=Nc2ccccc2)N1c1ccccc1. The molecule has 3 aromatic carbocycles. The normalized spacial score (nSPS) is 16.9. The number of aliphatic imine (C=N–C) groups is 1. The number of nitrogens with zero attached hydrogens (tertiary/aromatic N) is 2. The third-order valence-corrected chi connectivity index (χ3v) is 5.05. The number of carbonyl (C=O) groups excluding carboxylic acids is 1. The van der Waals surface area contributed by atoms with E-state index in [0.29, 0.717) is 16.5 Å². The number of hydrogen-bond donors (Lipinski definition) is 0. The Kier molecular flexibility index (Phi) is 5.04. The van der Waals surface area contributed by atoms with E-state index in [0.717, 1.165) is 23.9 Å². The molecule has 1 aliphatic heterocycles. The Bertz CT molecular complexity index is 1060. The number of halogens is 2. The Balaban J connectivity index is 1.81. The van der Waals surface area contributed by atoms with Crippen LogP contribution in [0.1, 0.15) is 5.56 Å². The molecule has 0 saturated carbocycles. The van der Waals surface area contributed by atoms with Crippen LogP contribution in [0.3, 0.4) is 0 Å². The minimum Gasteiger partial charge on any atom is -0.268 e. The summed E-state index contributed by atoms with van der Waals surface area (Å²) in [4.78, 5) is 19.2. The molecule has 0 atom stereocenters. The van der Waals surface area contributed by atoms with Crippen LogP contribution in [0.15, 0.2) is 88.8 Å². The topological polar surface area (TPSA) is 32.7 Å². The second kappa shape index (κ2) is 7.78. The smallest absolute Gasteiger partial charge is 0.268 e. The largest absolute Gasteiger partial charge is 0.271 e. The number of para-hydroxylation sites is 2. The van der Waals surface area contributed by atoms with E-state index in [2.05, 4.69) is 4.99 Å². The Hall–Kier alpha value is -3.25. The van der Waals surface area contributed by atoms with Crippen molar-refractivity contribution in [3.8, 4) is 0 Å². The highest BCUT2D eigenvalue weighted by Gasteiger charge is 2.35. The maximum Gasteiger partial charge on any atom is 0.271 e. The number of anilines is 1. The molecule has 138 valence electrons. The Morgan fingerprint density at radius 2 is 1.43 bits per heavy atom. The molecular formula is C22H14F2N2OS. The third-order valence-electron chi connectivity index (χ3n) is 4.08. The molecular weight excluding hydrogens is 378 g/mol. The van der Waals surface area contributed by atoms with E-state index in [1.165, 1.54) is 17.0 Å². The lowest BCUT2D eigenvalue weighted by atomic mass is 10.2. The highest BCUT2D eigenvalue weighted by molar-refractivity contribution is 8.19. The fourth-order valence-corrected chi connectivity index (χ4v) is 3.73. The molecule has 6 heteroatoms. The molecule has 4 rings (SSSR count). The van der Waals surface area contributed by atoms with Gasteiger partial charge in [-0.2, -0.15) is 0 Å². The fourth-order valence-electron chi connectivity index (χ4n) is 2.75. The van der Waals surface area contributed by atoms with Gasteiger partial charge in [0.05, 0.1) is 16.3 Å². The number of thioether (sulfide) groups is 1. The van der Waals surface area contributed by atoms with E-state index in [-0.39, 0.29) is 16.4 Å². The van der Waals surface area contributed by atoms with Crippen molar-refractivity contribution in [2.75, 3.05) is 4.90 Å². The first-order valence-corrected chi connectivity index (χ1v) is 9.32. The maximum atomic E-state index is 14.0. The van der Waals surface area contributed by atoms with Crippen LogP contribution in [0.2, 0.25) is 0 Å². The number of amidine groups is 1. The fraction of sp³-hybridized carbons (Fsp3) is 0. The summed E-state index contributed by atoms with van der Waals surface area (Å²) in [6.07, 6.45) is 1.24. The van der Waals surface area contributed by atoms with Crippen molar-refractivity contribution in [1.82, 2.24) is 0 Å². The number of rotatable bonds is 3. The summed E-state index contributed by atoms with van der Waals surface area (Å²) in [6.45, 7) is 0. The second-order valence-electron chi connectivity index (χ2n) is 5.95. The zero-order valence-electron chi connectivity index (χ0n) is 14.5. The summed E-state index contributed by atoms with van der Waals surface area (Å²) >= 11 is 1.08. The van der Waals surface area contributed by atoms with Crippen LogP contribution in [0.4, 0.5) is 20.2 Å². The molecule has 0 radical (unpaired) electrons. The molecule has 0 unspecified atom stereocenters. The van der Waals surface area contributed by atoms with Crippen LogP contribution in [0, 0.1) is 11.6 Å². The van der Waals surface area contributed by atoms with Crippen LogP contribution < -0.4 is 4.90 Å². The van der Waals surface area contributed by atoms with Gasteiger partial charge >= 0.3 is 0 Å². The van der Waals surface area contributed by atoms with Gasteiger partial charge in [-0.1, -0.05) is 42.5 Å². The number of amides is 1. The van der Waals surface area contributed by atoms with Crippen molar-refractivity contribution in [3.05, 3.63) is 101 Å². The number of hydrogen-bond acceptors (Lipinski definition) is 3. The van der Waals surface area contributed by atoms with Gasteiger partial charge in [0.25, 0.3) is 5.91 Å². The Morgan fingerprint density at radius 3 is 2.07 bits per heavy atom. The van der Waals surface area contributed by atoms with Crippen molar-refractivity contribution < 1.29 is 13.6 Å². The van der Waals surface area contributed by atoms with Gasteiger partial charge in [-0.3, -0.25) is 9.69 Å². The van der Waals surface area contributed by atoms with E-state index in [1.54, 1.807) is 12.1 Å². The van der Waals surface area contributed by atoms with E-state index >= 15 is 0 Å². The first-order chi connectivity index (χ1) is 13.6. The third kappa shape index (κ3) is 3.59. The first kappa shape index (κ1) is 18.1. The summed E-state index contributed by atoms with van der Waals surface area (Å²) in [5, 5.41) is 0.422. The first-order valence-electron chi connectivity index (χ1n) is 8.50. The van der Waals surface area contributed by atoms with Gasteiger partial charge in [-0.15, -0.1) is 0 Å². The summed E-state index contributed by atoms with van der Waals surface area (Å²) in [5.74, 6) is -1.82. The highest BCUT2D eigenvalue weighted by atomic mass is 32.2. The molecule has 3 nitrogen and oxygen atoms in total. The summed E-state index contributed by atoms with van der Waals surface area (Å²) in [6, 6.07) is 21.8. The molecule has 1 amide bonds. The minimum absolute atomic E-state index is 0.197. The van der Waals surface area contributed by atoms with Gasteiger partial charge < -0.3 is 0 Å². The lowest BCUT2D eigenvalue weighted by Crippen LogP contribution is -2.28. The van der Waals surface area contributed by atoms with E-state index in [9.17, 15) is 13.6 Å². The van der Waals surface area contributed by atoms with Crippen LogP contribution in [0.5, 0.6) is 0 Å². The molecule has 0 aromatic heterocycles. The van der Waals surface area contributed by atoms with Gasteiger partial charge in [0.2, 0.25) is 0 Å². The monoisotopic (exact) mass is 392 g/mol. The van der Waals surface area contributed by atoms with E-state index < -0.39 is 11.6 Å². The van der Waals surface area contributed by atoms with Crippen molar-refractivity contribution >= 4 is 40.3 Å². The van der Waals surface area contributed by atoms with Gasteiger partial charge in [0.1, 0.15) is 11.6 Å². The quantitative estimate of drug-likeness (QED) is 0.530. The summed E-state index contributed by atoms with van der Waals surface area (Å²) in [7, 11) is 0. The summed E-state index contributed by atoms with van der Waals surface area (Å²) in [5.41, 5.74) is 1.07. The predicted molar refractivity (Wildman–Crippen MR) is 109 cm³/mol. The molecule has 28 heavy (non-hydrogen) atoms. The molecule has 1 aliphatic rings. The van der Waals surface area contributed by atoms with Crippen molar-refractivity contribution in [2.24, 2.45) is 4.99 Å². The molecule has 0 N–H and O–H groups in total. The maximum absolute atomic E-state index is 14.0. The molecule has 1 fully saturated rings. The highest BCUT2D eigenvalue weighted by Crippen LogP contribution is 2.37. The standard InChI is InChI=1S/C22H14F2N2OS/c23-18-12-7-13-19(24)17(18)14-20-21(27)26(16-10-5-2-6-11-16)22(28-20)25-15-8-3-1-4-9-15/h1-14H/b20-14+,25-22?. The number of benzene rings is 3. The van der Waals surface area contributed by atoms with Gasteiger partial charge in [-0.25, -0.2) is 13.8 Å². The van der Waals surface area contributed by atoms with Gasteiger partial charge in [0.15, 0.2) is 5.17 Å². The average molecular weight is 392 g/mol. The predicted octanol–water partition coefficient (Wildman–Crippen LogP) is 5.77. The molecule has 1 heterocycles.